The van der Waals surface area contributed by atoms with Crippen molar-refractivity contribution in [1.82, 2.24) is 4.98 Å². The topological polar surface area (TPSA) is 25.1 Å². The number of aromatic nitrogens is 1. The van der Waals surface area contributed by atoms with Crippen LogP contribution in [-0.2, 0) is 0 Å². The highest BCUT2D eigenvalue weighted by Gasteiger charge is 2.15. The van der Waals surface area contributed by atoms with Crippen molar-refractivity contribution in [2.45, 2.75) is 6.42 Å². The summed E-state index contributed by atoms with van der Waals surface area (Å²) in [5, 5.41) is 0. The SMILES string of the molecule is COc1ccc([N+]2=CC=C(c3ccncc3)CC2)cc1. The van der Waals surface area contributed by atoms with Crippen molar-refractivity contribution in [3.05, 3.63) is 60.4 Å². The van der Waals surface area contributed by atoms with Gasteiger partial charge in [0.25, 0.3) is 0 Å². The highest BCUT2D eigenvalue weighted by molar-refractivity contribution is 5.83. The van der Waals surface area contributed by atoms with Crippen LogP contribution in [0.2, 0.25) is 0 Å². The van der Waals surface area contributed by atoms with E-state index in [1.807, 2.05) is 24.5 Å². The summed E-state index contributed by atoms with van der Waals surface area (Å²) in [6.45, 7) is 0.987. The van der Waals surface area contributed by atoms with Gasteiger partial charge in [-0.2, -0.15) is 4.58 Å². The molecular weight excluding hydrogens is 248 g/mol. The van der Waals surface area contributed by atoms with Gasteiger partial charge in [-0.1, -0.05) is 0 Å². The summed E-state index contributed by atoms with van der Waals surface area (Å²) in [4.78, 5) is 4.06. The van der Waals surface area contributed by atoms with Gasteiger partial charge < -0.3 is 4.74 Å². The molecule has 1 aliphatic heterocycles. The number of allylic oxidation sites excluding steroid dienone is 1. The molecular formula is C17H17N2O+. The summed E-state index contributed by atoms with van der Waals surface area (Å²) < 4.78 is 7.44. The van der Waals surface area contributed by atoms with Crippen LogP contribution in [0.5, 0.6) is 5.75 Å². The van der Waals surface area contributed by atoms with Gasteiger partial charge in [0.2, 0.25) is 5.69 Å². The van der Waals surface area contributed by atoms with Crippen LogP contribution in [0.1, 0.15) is 12.0 Å². The zero-order valence-electron chi connectivity index (χ0n) is 11.5. The van der Waals surface area contributed by atoms with E-state index in [-0.39, 0.29) is 0 Å². The monoisotopic (exact) mass is 265 g/mol. The first-order chi connectivity index (χ1) is 9.86. The molecule has 1 aromatic carbocycles. The summed E-state index contributed by atoms with van der Waals surface area (Å²) in [6, 6.07) is 12.3. The number of methoxy groups -OCH3 is 1. The Kier molecular flexibility index (Phi) is 3.59. The molecule has 0 spiro atoms. The Morgan fingerprint density at radius 2 is 1.80 bits per heavy atom. The van der Waals surface area contributed by atoms with E-state index in [2.05, 4.69) is 46.1 Å². The molecule has 0 saturated heterocycles. The van der Waals surface area contributed by atoms with Gasteiger partial charge in [0.05, 0.1) is 7.11 Å². The minimum absolute atomic E-state index is 0.888. The van der Waals surface area contributed by atoms with Crippen molar-refractivity contribution in [2.75, 3.05) is 13.7 Å². The number of hydrogen-bond donors (Lipinski definition) is 0. The van der Waals surface area contributed by atoms with E-state index in [9.17, 15) is 0 Å². The molecule has 3 heteroatoms. The number of benzene rings is 1. The van der Waals surface area contributed by atoms with Crippen LogP contribution in [-0.4, -0.2) is 29.4 Å². The van der Waals surface area contributed by atoms with Gasteiger partial charge in [-0.15, -0.1) is 0 Å². The van der Waals surface area contributed by atoms with Crippen molar-refractivity contribution in [3.8, 4) is 5.75 Å². The van der Waals surface area contributed by atoms with E-state index in [1.165, 1.54) is 16.8 Å². The molecule has 0 atom stereocenters. The zero-order valence-corrected chi connectivity index (χ0v) is 11.5. The van der Waals surface area contributed by atoms with Crippen LogP contribution in [0.3, 0.4) is 0 Å². The smallest absolute Gasteiger partial charge is 0.205 e. The molecule has 100 valence electrons. The fourth-order valence-electron chi connectivity index (χ4n) is 2.37. The van der Waals surface area contributed by atoms with Gasteiger partial charge in [-0.3, -0.25) is 4.98 Å². The fraction of sp³-hybridized carbons (Fsp3) is 0.176. The van der Waals surface area contributed by atoms with Crippen molar-refractivity contribution in [1.29, 1.82) is 0 Å². The van der Waals surface area contributed by atoms with Gasteiger partial charge in [-0.25, -0.2) is 0 Å². The maximum atomic E-state index is 5.18. The first-order valence-corrected chi connectivity index (χ1v) is 6.72. The average molecular weight is 265 g/mol. The molecule has 0 unspecified atom stereocenters. The van der Waals surface area contributed by atoms with E-state index >= 15 is 0 Å². The first kappa shape index (κ1) is 12.6. The predicted molar refractivity (Wildman–Crippen MR) is 80.7 cm³/mol. The maximum Gasteiger partial charge on any atom is 0.205 e. The predicted octanol–water partition coefficient (Wildman–Crippen LogP) is 3.29. The number of ether oxygens (including phenoxy) is 1. The van der Waals surface area contributed by atoms with E-state index < -0.39 is 0 Å². The molecule has 1 aromatic heterocycles. The normalized spacial score (nSPS) is 14.4. The summed E-state index contributed by atoms with van der Waals surface area (Å²) in [5.74, 6) is 0.888. The zero-order chi connectivity index (χ0) is 13.8. The van der Waals surface area contributed by atoms with E-state index in [0.717, 1.165) is 18.7 Å². The molecule has 0 amide bonds. The minimum atomic E-state index is 0.888. The molecule has 0 fully saturated rings. The van der Waals surface area contributed by atoms with E-state index in [1.54, 1.807) is 7.11 Å². The lowest BCUT2D eigenvalue weighted by atomic mass is 10.0. The Morgan fingerprint density at radius 1 is 1.05 bits per heavy atom. The van der Waals surface area contributed by atoms with E-state index in [4.69, 9.17) is 4.74 Å². The second-order valence-corrected chi connectivity index (χ2v) is 4.72. The third kappa shape index (κ3) is 2.62. The molecule has 3 rings (SSSR count). The second kappa shape index (κ2) is 5.70. The number of nitrogens with zero attached hydrogens (tertiary/aromatic N) is 2. The third-order valence-corrected chi connectivity index (χ3v) is 3.53. The van der Waals surface area contributed by atoms with E-state index in [0.29, 0.717) is 0 Å². The van der Waals surface area contributed by atoms with Crippen molar-refractivity contribution in [3.63, 3.8) is 0 Å². The largest absolute Gasteiger partial charge is 0.497 e. The van der Waals surface area contributed by atoms with Crippen LogP contribution < -0.4 is 4.74 Å². The molecule has 0 radical (unpaired) electrons. The first-order valence-electron chi connectivity index (χ1n) is 6.72. The lowest BCUT2D eigenvalue weighted by molar-refractivity contribution is -0.434. The van der Waals surface area contributed by atoms with Gasteiger partial charge >= 0.3 is 0 Å². The van der Waals surface area contributed by atoms with Crippen LogP contribution >= 0.6 is 0 Å². The Hall–Kier alpha value is -2.42. The lowest BCUT2D eigenvalue weighted by Crippen LogP contribution is -2.13. The summed E-state index contributed by atoms with van der Waals surface area (Å²) >= 11 is 0. The number of pyridine rings is 1. The molecule has 0 N–H and O–H groups in total. The summed E-state index contributed by atoms with van der Waals surface area (Å²) in [6.07, 6.45) is 9.04. The van der Waals surface area contributed by atoms with Gasteiger partial charge in [0.1, 0.15) is 5.75 Å². The van der Waals surface area contributed by atoms with Crippen LogP contribution in [0, 0.1) is 0 Å². The molecule has 3 nitrogen and oxygen atoms in total. The maximum absolute atomic E-state index is 5.18. The van der Waals surface area contributed by atoms with Crippen LogP contribution in [0.15, 0.2) is 54.9 Å². The highest BCUT2D eigenvalue weighted by atomic mass is 16.5. The Labute approximate surface area is 118 Å². The molecule has 2 aromatic rings. The Balaban J connectivity index is 1.83. The molecule has 2 heterocycles. The molecule has 0 aliphatic carbocycles. The van der Waals surface area contributed by atoms with Gasteiger partial charge in [-0.05, 0) is 35.4 Å². The number of hydrogen-bond acceptors (Lipinski definition) is 2. The van der Waals surface area contributed by atoms with Crippen molar-refractivity contribution < 1.29 is 9.31 Å². The van der Waals surface area contributed by atoms with Gasteiger partial charge in [0.15, 0.2) is 12.8 Å². The highest BCUT2D eigenvalue weighted by Crippen LogP contribution is 2.23. The standard InChI is InChI=1S/C17H17N2O/c1-20-17-4-2-16(3-5-17)19-12-8-15(9-13-19)14-6-10-18-11-7-14/h2-8,10-12H,9,13H2,1H3/q+1. The molecule has 1 aliphatic rings. The molecule has 0 saturated carbocycles. The summed E-state index contributed by atoms with van der Waals surface area (Å²) in [7, 11) is 1.69. The third-order valence-electron chi connectivity index (χ3n) is 3.53. The quantitative estimate of drug-likeness (QED) is 0.796. The lowest BCUT2D eigenvalue weighted by Gasteiger charge is -2.11. The Bertz CT molecular complexity index is 642. The van der Waals surface area contributed by atoms with Crippen molar-refractivity contribution >= 4 is 17.5 Å². The minimum Gasteiger partial charge on any atom is -0.497 e. The summed E-state index contributed by atoms with van der Waals surface area (Å²) in [5.41, 5.74) is 3.80. The molecule has 0 bridgehead atoms. The Morgan fingerprint density at radius 3 is 2.40 bits per heavy atom. The fourth-order valence-corrected chi connectivity index (χ4v) is 2.37. The van der Waals surface area contributed by atoms with Crippen molar-refractivity contribution in [2.24, 2.45) is 0 Å². The van der Waals surface area contributed by atoms with Crippen LogP contribution in [0.4, 0.5) is 5.69 Å². The molecule has 20 heavy (non-hydrogen) atoms. The second-order valence-electron chi connectivity index (χ2n) is 4.72. The van der Waals surface area contributed by atoms with Crippen LogP contribution in [0.25, 0.3) is 5.57 Å². The number of rotatable bonds is 3. The average Bonchev–Trinajstić information content (AvgIpc) is 2.56. The van der Waals surface area contributed by atoms with Gasteiger partial charge in [0, 0.05) is 37.0 Å².